The molecule has 1 aromatic carbocycles. The minimum Gasteiger partial charge on any atom is -0.357 e. The first-order valence-corrected chi connectivity index (χ1v) is 8.39. The van der Waals surface area contributed by atoms with Gasteiger partial charge in [0.2, 0.25) is 0 Å². The number of aromatic nitrogens is 2. The number of hydrogen-bond acceptors (Lipinski definition) is 2. The van der Waals surface area contributed by atoms with Gasteiger partial charge in [-0.1, -0.05) is 24.3 Å². The van der Waals surface area contributed by atoms with Gasteiger partial charge in [-0.2, -0.15) is 0 Å². The Balaban J connectivity index is 1.54. The molecule has 0 amide bonds. The molecule has 1 aromatic heterocycles. The van der Waals surface area contributed by atoms with Crippen LogP contribution in [0.3, 0.4) is 0 Å². The van der Waals surface area contributed by atoms with E-state index < -0.39 is 0 Å². The number of nitrogens with zero attached hydrogens (tertiary/aromatic N) is 3. The highest BCUT2D eigenvalue weighted by molar-refractivity contribution is 5.79. The van der Waals surface area contributed by atoms with E-state index in [1.807, 2.05) is 12.5 Å². The Kier molecular flexibility index (Phi) is 5.29. The molecule has 0 unspecified atom stereocenters. The van der Waals surface area contributed by atoms with Crippen LogP contribution in [0, 0.1) is 5.92 Å². The van der Waals surface area contributed by atoms with Crippen LogP contribution in [0.4, 0.5) is 0 Å². The molecule has 3 rings (SSSR count). The first-order valence-electron chi connectivity index (χ1n) is 8.39. The van der Waals surface area contributed by atoms with Gasteiger partial charge in [0.15, 0.2) is 5.96 Å². The number of nitrogens with one attached hydrogen (secondary N) is 2. The fourth-order valence-corrected chi connectivity index (χ4v) is 2.42. The van der Waals surface area contributed by atoms with E-state index in [0.717, 1.165) is 31.5 Å². The highest BCUT2D eigenvalue weighted by atomic mass is 15.2. The zero-order valence-corrected chi connectivity index (χ0v) is 13.7. The lowest BCUT2D eigenvalue weighted by Gasteiger charge is -2.11. The van der Waals surface area contributed by atoms with Gasteiger partial charge in [0.1, 0.15) is 0 Å². The van der Waals surface area contributed by atoms with Crippen molar-refractivity contribution in [3.8, 4) is 0 Å². The number of rotatable bonds is 7. The SMILES string of the molecule is CCNC(=NCc1ccc(Cn2ccnc2)cc1)NCC1CC1. The van der Waals surface area contributed by atoms with Crippen molar-refractivity contribution in [2.24, 2.45) is 10.9 Å². The van der Waals surface area contributed by atoms with E-state index in [9.17, 15) is 0 Å². The van der Waals surface area contributed by atoms with E-state index in [-0.39, 0.29) is 0 Å². The van der Waals surface area contributed by atoms with Crippen molar-refractivity contribution in [2.75, 3.05) is 13.1 Å². The van der Waals surface area contributed by atoms with Gasteiger partial charge in [0.05, 0.1) is 12.9 Å². The topological polar surface area (TPSA) is 54.2 Å². The van der Waals surface area contributed by atoms with Crippen LogP contribution in [0.2, 0.25) is 0 Å². The van der Waals surface area contributed by atoms with Crippen LogP contribution < -0.4 is 10.6 Å². The van der Waals surface area contributed by atoms with Gasteiger partial charge in [-0.15, -0.1) is 0 Å². The summed E-state index contributed by atoms with van der Waals surface area (Å²) in [6, 6.07) is 8.63. The van der Waals surface area contributed by atoms with E-state index in [2.05, 4.69) is 56.4 Å². The molecule has 5 nitrogen and oxygen atoms in total. The molecule has 0 atom stereocenters. The second-order valence-electron chi connectivity index (χ2n) is 6.07. The molecule has 1 saturated carbocycles. The lowest BCUT2D eigenvalue weighted by molar-refractivity contribution is 0.739. The predicted octanol–water partition coefficient (Wildman–Crippen LogP) is 2.40. The highest BCUT2D eigenvalue weighted by Gasteiger charge is 2.20. The summed E-state index contributed by atoms with van der Waals surface area (Å²) in [5.74, 6) is 1.77. The molecule has 0 radical (unpaired) electrons. The zero-order valence-electron chi connectivity index (χ0n) is 13.7. The van der Waals surface area contributed by atoms with Crippen LogP contribution in [0.15, 0.2) is 48.0 Å². The monoisotopic (exact) mass is 311 g/mol. The fraction of sp³-hybridized carbons (Fsp3) is 0.444. The van der Waals surface area contributed by atoms with E-state index in [4.69, 9.17) is 0 Å². The standard InChI is InChI=1S/C18H25N5/c1-2-20-18(21-11-15-3-4-15)22-12-16-5-7-17(8-6-16)13-23-10-9-19-14-23/h5-10,14-15H,2-4,11-13H2,1H3,(H2,20,21,22). The van der Waals surface area contributed by atoms with Crippen molar-refractivity contribution in [2.45, 2.75) is 32.9 Å². The Bertz CT molecular complexity index is 611. The summed E-state index contributed by atoms with van der Waals surface area (Å²) in [7, 11) is 0. The number of benzene rings is 1. The molecule has 1 aliphatic carbocycles. The van der Waals surface area contributed by atoms with Crippen molar-refractivity contribution < 1.29 is 0 Å². The second-order valence-corrected chi connectivity index (χ2v) is 6.07. The third kappa shape index (κ3) is 5.13. The van der Waals surface area contributed by atoms with Gasteiger partial charge in [-0.25, -0.2) is 9.98 Å². The van der Waals surface area contributed by atoms with Crippen LogP contribution in [-0.4, -0.2) is 28.6 Å². The Morgan fingerprint density at radius 1 is 1.22 bits per heavy atom. The summed E-state index contributed by atoms with van der Waals surface area (Å²) in [5.41, 5.74) is 2.50. The van der Waals surface area contributed by atoms with Gasteiger partial charge < -0.3 is 15.2 Å². The average Bonchev–Trinajstić information content (AvgIpc) is 3.27. The number of imidazole rings is 1. The molecule has 23 heavy (non-hydrogen) atoms. The van der Waals surface area contributed by atoms with Gasteiger partial charge >= 0.3 is 0 Å². The van der Waals surface area contributed by atoms with Crippen LogP contribution in [0.25, 0.3) is 0 Å². The van der Waals surface area contributed by atoms with E-state index in [0.29, 0.717) is 6.54 Å². The first kappa shape index (κ1) is 15.6. The molecule has 0 aliphatic heterocycles. The van der Waals surface area contributed by atoms with Gasteiger partial charge in [0.25, 0.3) is 0 Å². The van der Waals surface area contributed by atoms with E-state index >= 15 is 0 Å². The first-order chi connectivity index (χ1) is 11.3. The molecule has 0 saturated heterocycles. The van der Waals surface area contributed by atoms with Gasteiger partial charge in [-0.05, 0) is 36.8 Å². The molecule has 0 spiro atoms. The number of aliphatic imine (C=N–C) groups is 1. The summed E-state index contributed by atoms with van der Waals surface area (Å²) in [6.07, 6.45) is 8.33. The minimum atomic E-state index is 0.700. The normalized spacial score (nSPS) is 14.7. The number of guanidine groups is 1. The number of hydrogen-bond donors (Lipinski definition) is 2. The molecule has 122 valence electrons. The lowest BCUT2D eigenvalue weighted by atomic mass is 10.1. The van der Waals surface area contributed by atoms with E-state index in [1.54, 1.807) is 6.20 Å². The smallest absolute Gasteiger partial charge is 0.191 e. The summed E-state index contributed by atoms with van der Waals surface area (Å²) >= 11 is 0. The van der Waals surface area contributed by atoms with E-state index in [1.165, 1.54) is 24.0 Å². The van der Waals surface area contributed by atoms with Crippen molar-refractivity contribution >= 4 is 5.96 Å². The Morgan fingerprint density at radius 2 is 2.00 bits per heavy atom. The molecule has 2 aromatic rings. The maximum absolute atomic E-state index is 4.67. The Labute approximate surface area is 137 Å². The summed E-state index contributed by atoms with van der Waals surface area (Å²) in [5, 5.41) is 6.73. The molecular formula is C18H25N5. The van der Waals surface area contributed by atoms with Crippen LogP contribution in [-0.2, 0) is 13.1 Å². The zero-order chi connectivity index (χ0) is 15.9. The van der Waals surface area contributed by atoms with Gasteiger partial charge in [-0.3, -0.25) is 0 Å². The lowest BCUT2D eigenvalue weighted by Crippen LogP contribution is -2.38. The summed E-state index contributed by atoms with van der Waals surface area (Å²) in [4.78, 5) is 8.74. The fourth-order valence-electron chi connectivity index (χ4n) is 2.42. The molecule has 1 fully saturated rings. The molecule has 5 heteroatoms. The third-order valence-corrected chi connectivity index (χ3v) is 3.97. The predicted molar refractivity (Wildman–Crippen MR) is 93.3 cm³/mol. The molecule has 0 bridgehead atoms. The minimum absolute atomic E-state index is 0.700. The largest absolute Gasteiger partial charge is 0.357 e. The Morgan fingerprint density at radius 3 is 2.65 bits per heavy atom. The van der Waals surface area contributed by atoms with Crippen molar-refractivity contribution in [1.29, 1.82) is 0 Å². The van der Waals surface area contributed by atoms with Gasteiger partial charge in [0, 0.05) is 32.0 Å². The maximum atomic E-state index is 4.67. The maximum Gasteiger partial charge on any atom is 0.191 e. The van der Waals surface area contributed by atoms with Crippen LogP contribution in [0.1, 0.15) is 30.9 Å². The van der Waals surface area contributed by atoms with Crippen LogP contribution >= 0.6 is 0 Å². The van der Waals surface area contributed by atoms with Crippen LogP contribution in [0.5, 0.6) is 0 Å². The molecule has 2 N–H and O–H groups in total. The quantitative estimate of drug-likeness (QED) is 0.610. The molecule has 1 heterocycles. The molecular weight excluding hydrogens is 286 g/mol. The highest BCUT2D eigenvalue weighted by Crippen LogP contribution is 2.27. The van der Waals surface area contributed by atoms with Crippen molar-refractivity contribution in [1.82, 2.24) is 20.2 Å². The third-order valence-electron chi connectivity index (χ3n) is 3.97. The second kappa shape index (κ2) is 7.81. The molecule has 1 aliphatic rings. The summed E-state index contributed by atoms with van der Waals surface area (Å²) in [6.45, 7) is 5.58. The van der Waals surface area contributed by atoms with Crippen molar-refractivity contribution in [3.05, 3.63) is 54.1 Å². The average molecular weight is 311 g/mol. The Hall–Kier alpha value is -2.30. The summed E-state index contributed by atoms with van der Waals surface area (Å²) < 4.78 is 2.07. The van der Waals surface area contributed by atoms with Crippen molar-refractivity contribution in [3.63, 3.8) is 0 Å².